The number of carbonyl (C=O) groups is 2. The molecule has 33 heavy (non-hydrogen) atoms. The van der Waals surface area contributed by atoms with Crippen LogP contribution < -0.4 is 0 Å². The number of nitrogens with zero attached hydrogens (tertiary/aromatic N) is 1. The number of carboxylic acid groups (broad SMARTS) is 1. The Labute approximate surface area is 211 Å². The van der Waals surface area contributed by atoms with E-state index in [0.717, 1.165) is 58.2 Å². The highest BCUT2D eigenvalue weighted by molar-refractivity contribution is 8.93. The molecule has 0 amide bonds. The minimum absolute atomic E-state index is 0. The lowest BCUT2D eigenvalue weighted by Crippen LogP contribution is -2.27. The lowest BCUT2D eigenvalue weighted by molar-refractivity contribution is -0.142. The van der Waals surface area contributed by atoms with E-state index in [1.807, 2.05) is 6.08 Å². The fraction of sp³-hybridized carbons (Fsp3) is 0.846. The van der Waals surface area contributed by atoms with Gasteiger partial charge in [0.25, 0.3) is 0 Å². The van der Waals surface area contributed by atoms with Crippen LogP contribution in [0, 0.1) is 17.8 Å². The summed E-state index contributed by atoms with van der Waals surface area (Å²) in [6.07, 6.45) is 11.2. The van der Waals surface area contributed by atoms with Gasteiger partial charge in [-0.2, -0.15) is 0 Å². The van der Waals surface area contributed by atoms with E-state index in [1.165, 1.54) is 0 Å². The number of ketones is 1. The summed E-state index contributed by atoms with van der Waals surface area (Å²) in [5.74, 6) is -1.33. The van der Waals surface area contributed by atoms with E-state index in [2.05, 4.69) is 25.7 Å². The average molecular weight is 535 g/mol. The third-order valence-electron chi connectivity index (χ3n) is 7.00. The van der Waals surface area contributed by atoms with Crippen LogP contribution in [0.15, 0.2) is 12.2 Å². The Morgan fingerprint density at radius 3 is 2.33 bits per heavy atom. The Morgan fingerprint density at radius 1 is 1.06 bits per heavy atom. The van der Waals surface area contributed by atoms with Gasteiger partial charge >= 0.3 is 5.97 Å². The molecule has 1 saturated carbocycles. The van der Waals surface area contributed by atoms with Gasteiger partial charge in [0.05, 0.1) is 18.1 Å². The van der Waals surface area contributed by atoms with Gasteiger partial charge in [0, 0.05) is 18.3 Å². The molecule has 0 aromatic heterocycles. The molecule has 3 unspecified atom stereocenters. The van der Waals surface area contributed by atoms with Crippen molar-refractivity contribution in [1.82, 2.24) is 4.90 Å². The van der Waals surface area contributed by atoms with Crippen molar-refractivity contribution in [3.8, 4) is 0 Å². The highest BCUT2D eigenvalue weighted by atomic mass is 79.9. The number of Topliss-reactive ketones (excluding diaryl/α,β-unsaturated/α-hetero) is 1. The van der Waals surface area contributed by atoms with Crippen molar-refractivity contribution in [2.75, 3.05) is 19.6 Å². The number of aliphatic hydroxyl groups is 2. The van der Waals surface area contributed by atoms with Crippen LogP contribution in [-0.4, -0.2) is 63.8 Å². The van der Waals surface area contributed by atoms with Gasteiger partial charge in [-0.05, 0) is 45.3 Å². The van der Waals surface area contributed by atoms with Gasteiger partial charge in [0.15, 0.2) is 0 Å². The molecule has 1 rings (SSSR count). The van der Waals surface area contributed by atoms with Gasteiger partial charge in [-0.1, -0.05) is 71.4 Å². The van der Waals surface area contributed by atoms with E-state index in [1.54, 1.807) is 6.08 Å². The van der Waals surface area contributed by atoms with Gasteiger partial charge in [0.1, 0.15) is 5.78 Å². The van der Waals surface area contributed by atoms with E-state index in [9.17, 15) is 24.9 Å². The Balaban J connectivity index is 0.0000102. The molecule has 0 aromatic rings. The predicted octanol–water partition coefficient (Wildman–Crippen LogP) is 5.01. The molecular formula is C26H48BrNO5. The molecule has 0 bridgehead atoms. The van der Waals surface area contributed by atoms with Crippen molar-refractivity contribution >= 4 is 28.7 Å². The van der Waals surface area contributed by atoms with Crippen molar-refractivity contribution in [1.29, 1.82) is 0 Å². The maximum atomic E-state index is 12.4. The zero-order chi connectivity index (χ0) is 23.9. The zero-order valence-corrected chi connectivity index (χ0v) is 22.7. The minimum atomic E-state index is -0.714. The molecule has 0 saturated heterocycles. The molecule has 194 valence electrons. The number of rotatable bonds is 18. The largest absolute Gasteiger partial charge is 0.481 e. The highest BCUT2D eigenvalue weighted by Crippen LogP contribution is 2.34. The normalized spacial score (nSPS) is 22.6. The molecule has 7 heteroatoms. The maximum Gasteiger partial charge on any atom is 0.306 e. The number of hydrogen-bond donors (Lipinski definition) is 3. The highest BCUT2D eigenvalue weighted by Gasteiger charge is 2.39. The van der Waals surface area contributed by atoms with Crippen molar-refractivity contribution in [3.63, 3.8) is 0 Å². The van der Waals surface area contributed by atoms with Crippen molar-refractivity contribution in [2.45, 2.75) is 104 Å². The molecule has 1 aliphatic rings. The summed E-state index contributed by atoms with van der Waals surface area (Å²) in [6.45, 7) is 9.01. The Bertz CT molecular complexity index is 567. The zero-order valence-electron chi connectivity index (χ0n) is 21.0. The molecule has 0 heterocycles. The minimum Gasteiger partial charge on any atom is -0.481 e. The molecule has 3 N–H and O–H groups in total. The smallest absolute Gasteiger partial charge is 0.306 e. The number of carbonyl (C=O) groups excluding carboxylic acids is 1. The standard InChI is InChI=1S/C26H47NO5.BrH/c1-4-7-9-13-21(28)15-16-23-22(24(29)19-25(23)30)14-11-8-10-12-20(26(31)32)17-18-27(5-2)6-3;/h15-16,20-23,25,28,30H,4-14,17-19H2,1-3H3,(H,31,32);1H/t20?,21?,22-,23-,25?;/m1./s1. The molecule has 6 nitrogen and oxygen atoms in total. The number of carboxylic acids is 1. The molecule has 0 radical (unpaired) electrons. The topological polar surface area (TPSA) is 98.1 Å². The first-order valence-electron chi connectivity index (χ1n) is 12.9. The van der Waals surface area contributed by atoms with Gasteiger partial charge in [-0.15, -0.1) is 17.0 Å². The lowest BCUT2D eigenvalue weighted by atomic mass is 9.88. The number of unbranched alkanes of at least 4 members (excludes halogenated alkanes) is 4. The van der Waals surface area contributed by atoms with Gasteiger partial charge in [0.2, 0.25) is 0 Å². The van der Waals surface area contributed by atoms with E-state index in [0.29, 0.717) is 25.7 Å². The Hall–Kier alpha value is -0.760. The lowest BCUT2D eigenvalue weighted by Gasteiger charge is -2.21. The molecule has 1 fully saturated rings. The third kappa shape index (κ3) is 12.5. The van der Waals surface area contributed by atoms with Crippen LogP contribution >= 0.6 is 17.0 Å². The quantitative estimate of drug-likeness (QED) is 0.169. The van der Waals surface area contributed by atoms with Crippen molar-refractivity contribution < 1.29 is 24.9 Å². The third-order valence-corrected chi connectivity index (χ3v) is 7.00. The van der Waals surface area contributed by atoms with Crippen LogP contribution in [0.4, 0.5) is 0 Å². The summed E-state index contributed by atoms with van der Waals surface area (Å²) in [6, 6.07) is 0. The van der Waals surface area contributed by atoms with Crippen molar-refractivity contribution in [2.24, 2.45) is 17.8 Å². The first-order chi connectivity index (χ1) is 15.3. The summed E-state index contributed by atoms with van der Waals surface area (Å²) in [7, 11) is 0. The first-order valence-corrected chi connectivity index (χ1v) is 12.9. The monoisotopic (exact) mass is 533 g/mol. The van der Waals surface area contributed by atoms with Crippen LogP contribution in [0.5, 0.6) is 0 Å². The Kier molecular flexibility index (Phi) is 18.1. The van der Waals surface area contributed by atoms with E-state index < -0.39 is 18.2 Å². The fourth-order valence-corrected chi connectivity index (χ4v) is 4.75. The van der Waals surface area contributed by atoms with Gasteiger partial charge in [-0.25, -0.2) is 0 Å². The molecule has 0 aliphatic heterocycles. The second-order valence-electron chi connectivity index (χ2n) is 9.36. The molecule has 5 atom stereocenters. The molecule has 0 spiro atoms. The van der Waals surface area contributed by atoms with Crippen molar-refractivity contribution in [3.05, 3.63) is 12.2 Å². The Morgan fingerprint density at radius 2 is 1.73 bits per heavy atom. The van der Waals surface area contributed by atoms with E-state index >= 15 is 0 Å². The summed E-state index contributed by atoms with van der Waals surface area (Å²) >= 11 is 0. The van der Waals surface area contributed by atoms with E-state index in [4.69, 9.17) is 0 Å². The maximum absolute atomic E-state index is 12.4. The van der Waals surface area contributed by atoms with Gasteiger partial charge in [-0.3, -0.25) is 9.59 Å². The van der Waals surface area contributed by atoms with Crippen LogP contribution in [-0.2, 0) is 9.59 Å². The SMILES string of the molecule is Br.CCCCCC(O)C=C[C@H]1C(O)CC(=O)[C@@H]1CCCCCC(CCN(CC)CC)C(=O)O. The summed E-state index contributed by atoms with van der Waals surface area (Å²) < 4.78 is 0. The number of aliphatic hydroxyl groups excluding tert-OH is 2. The summed E-state index contributed by atoms with van der Waals surface area (Å²) in [5, 5.41) is 29.9. The molecule has 1 aliphatic carbocycles. The summed E-state index contributed by atoms with van der Waals surface area (Å²) in [5.41, 5.74) is 0. The number of aliphatic carboxylic acids is 1. The first kappa shape index (κ1) is 32.2. The number of halogens is 1. The van der Waals surface area contributed by atoms with Crippen LogP contribution in [0.3, 0.4) is 0 Å². The summed E-state index contributed by atoms with van der Waals surface area (Å²) in [4.78, 5) is 26.2. The second kappa shape index (κ2) is 18.6. The molecular weight excluding hydrogens is 486 g/mol. The average Bonchev–Trinajstić information content (AvgIpc) is 3.03. The van der Waals surface area contributed by atoms with Crippen LogP contribution in [0.2, 0.25) is 0 Å². The van der Waals surface area contributed by atoms with Crippen LogP contribution in [0.25, 0.3) is 0 Å². The van der Waals surface area contributed by atoms with Gasteiger partial charge < -0.3 is 20.2 Å². The van der Waals surface area contributed by atoms with E-state index in [-0.39, 0.29) is 46.9 Å². The fourth-order valence-electron chi connectivity index (χ4n) is 4.75. The van der Waals surface area contributed by atoms with Crippen LogP contribution in [0.1, 0.15) is 91.4 Å². The number of hydrogen-bond acceptors (Lipinski definition) is 5. The predicted molar refractivity (Wildman–Crippen MR) is 139 cm³/mol. The second-order valence-corrected chi connectivity index (χ2v) is 9.36. The molecule has 0 aromatic carbocycles.